The van der Waals surface area contributed by atoms with Crippen molar-refractivity contribution in [1.82, 2.24) is 4.72 Å². The summed E-state index contributed by atoms with van der Waals surface area (Å²) in [4.78, 5) is 0. The van der Waals surface area contributed by atoms with E-state index in [1.807, 2.05) is 42.5 Å². The van der Waals surface area contributed by atoms with E-state index in [1.165, 1.54) is 0 Å². The van der Waals surface area contributed by atoms with E-state index in [0.29, 0.717) is 6.54 Å². The number of fused-ring (bicyclic) bond motifs is 1. The molecule has 1 N–H and O–H groups in total. The topological polar surface area (TPSA) is 46.2 Å². The van der Waals surface area contributed by atoms with E-state index in [2.05, 4.69) is 20.7 Å². The van der Waals surface area contributed by atoms with Crippen molar-refractivity contribution in [2.75, 3.05) is 4.66 Å². The fraction of sp³-hybridized carbons (Fsp3) is 0.167. The molecule has 17 heavy (non-hydrogen) atoms. The van der Waals surface area contributed by atoms with E-state index < -0.39 is 10.0 Å². The first-order valence-corrected chi connectivity index (χ1v) is 7.90. The molecule has 0 amide bonds. The van der Waals surface area contributed by atoms with Gasteiger partial charge in [0.2, 0.25) is 10.0 Å². The number of benzene rings is 2. The lowest BCUT2D eigenvalue weighted by atomic mass is 10.1. The summed E-state index contributed by atoms with van der Waals surface area (Å²) in [7, 11) is -3.22. The van der Waals surface area contributed by atoms with Gasteiger partial charge in [-0.3, -0.25) is 0 Å². The van der Waals surface area contributed by atoms with Crippen molar-refractivity contribution in [2.24, 2.45) is 0 Å². The average Bonchev–Trinajstić information content (AvgIpc) is 2.36. The van der Waals surface area contributed by atoms with Crippen LogP contribution in [0.1, 0.15) is 5.56 Å². The van der Waals surface area contributed by atoms with Crippen LogP contribution in [0.15, 0.2) is 42.5 Å². The molecule has 0 saturated carbocycles. The van der Waals surface area contributed by atoms with E-state index in [0.717, 1.165) is 16.3 Å². The highest BCUT2D eigenvalue weighted by Crippen LogP contribution is 2.18. The van der Waals surface area contributed by atoms with E-state index >= 15 is 0 Å². The molecule has 0 aliphatic carbocycles. The number of rotatable bonds is 4. The van der Waals surface area contributed by atoms with E-state index in [9.17, 15) is 8.42 Å². The highest BCUT2D eigenvalue weighted by molar-refractivity contribution is 9.10. The molecule has 0 fully saturated rings. The standard InChI is InChI=1S/C12H12BrNO2S/c13-9-17(15,16)14-8-11-6-3-5-10-4-1-2-7-12(10)11/h1-7,14H,8-9H2. The van der Waals surface area contributed by atoms with Gasteiger partial charge in [0, 0.05) is 6.54 Å². The van der Waals surface area contributed by atoms with Gasteiger partial charge in [-0.25, -0.2) is 13.1 Å². The molecule has 0 saturated heterocycles. The number of nitrogens with one attached hydrogen (secondary N) is 1. The molecule has 5 heteroatoms. The highest BCUT2D eigenvalue weighted by Gasteiger charge is 2.08. The molecule has 0 heterocycles. The van der Waals surface area contributed by atoms with Gasteiger partial charge >= 0.3 is 0 Å². The third-order valence-electron chi connectivity index (χ3n) is 2.51. The van der Waals surface area contributed by atoms with E-state index in [-0.39, 0.29) is 4.66 Å². The summed E-state index contributed by atoms with van der Waals surface area (Å²) >= 11 is 2.94. The molecule has 0 aromatic heterocycles. The summed E-state index contributed by atoms with van der Waals surface area (Å²) in [5.41, 5.74) is 0.979. The van der Waals surface area contributed by atoms with Crippen molar-refractivity contribution in [1.29, 1.82) is 0 Å². The Morgan fingerprint density at radius 2 is 1.76 bits per heavy atom. The van der Waals surface area contributed by atoms with Crippen LogP contribution in [0, 0.1) is 0 Å². The lowest BCUT2D eigenvalue weighted by Gasteiger charge is -2.07. The lowest BCUT2D eigenvalue weighted by Crippen LogP contribution is -2.23. The van der Waals surface area contributed by atoms with Crippen LogP contribution in [0.5, 0.6) is 0 Å². The Bertz CT molecular complexity index is 620. The molecule has 0 atom stereocenters. The summed E-state index contributed by atoms with van der Waals surface area (Å²) in [6.07, 6.45) is 0. The molecule has 2 rings (SSSR count). The normalized spacial score (nSPS) is 11.8. The molecule has 2 aromatic rings. The summed E-state index contributed by atoms with van der Waals surface area (Å²) in [5, 5.41) is 2.19. The molecular formula is C12H12BrNO2S. The largest absolute Gasteiger partial charge is 0.221 e. The summed E-state index contributed by atoms with van der Waals surface area (Å²) in [6.45, 7) is 0.315. The highest BCUT2D eigenvalue weighted by atomic mass is 79.9. The molecule has 0 spiro atoms. The number of sulfonamides is 1. The van der Waals surface area contributed by atoms with Gasteiger partial charge in [0.1, 0.15) is 4.66 Å². The van der Waals surface area contributed by atoms with Gasteiger partial charge in [-0.05, 0) is 16.3 Å². The van der Waals surface area contributed by atoms with Crippen LogP contribution in [0.4, 0.5) is 0 Å². The van der Waals surface area contributed by atoms with Gasteiger partial charge in [0.25, 0.3) is 0 Å². The maximum Gasteiger partial charge on any atom is 0.221 e. The van der Waals surface area contributed by atoms with Crippen LogP contribution < -0.4 is 4.72 Å². The first-order chi connectivity index (χ1) is 8.12. The second-order valence-electron chi connectivity index (χ2n) is 3.68. The summed E-state index contributed by atoms with van der Waals surface area (Å²) in [6, 6.07) is 13.8. The third-order valence-corrected chi connectivity index (χ3v) is 5.19. The minimum absolute atomic E-state index is 0.0786. The van der Waals surface area contributed by atoms with E-state index in [1.54, 1.807) is 0 Å². The van der Waals surface area contributed by atoms with Gasteiger partial charge in [-0.2, -0.15) is 0 Å². The first-order valence-electron chi connectivity index (χ1n) is 5.12. The lowest BCUT2D eigenvalue weighted by molar-refractivity contribution is 0.587. The SMILES string of the molecule is O=S(=O)(CBr)NCc1cccc2ccccc12. The first kappa shape index (κ1) is 12.5. The molecule has 90 valence electrons. The molecule has 0 unspecified atom stereocenters. The molecular weight excluding hydrogens is 302 g/mol. The zero-order chi connectivity index (χ0) is 12.3. The van der Waals surface area contributed by atoms with Crippen molar-refractivity contribution in [3.8, 4) is 0 Å². The summed E-state index contributed by atoms with van der Waals surface area (Å²) in [5.74, 6) is 0. The van der Waals surface area contributed by atoms with Gasteiger partial charge < -0.3 is 0 Å². The van der Waals surface area contributed by atoms with Gasteiger partial charge in [0.05, 0.1) is 0 Å². The number of alkyl halides is 1. The van der Waals surface area contributed by atoms with Crippen LogP contribution in [0.3, 0.4) is 0 Å². The zero-order valence-corrected chi connectivity index (χ0v) is 11.5. The minimum atomic E-state index is -3.22. The Morgan fingerprint density at radius 3 is 2.53 bits per heavy atom. The monoisotopic (exact) mass is 313 g/mol. The maximum absolute atomic E-state index is 11.4. The van der Waals surface area contributed by atoms with Gasteiger partial charge in [0.15, 0.2) is 0 Å². The van der Waals surface area contributed by atoms with Crippen LogP contribution in [0.2, 0.25) is 0 Å². The van der Waals surface area contributed by atoms with E-state index in [4.69, 9.17) is 0 Å². The molecule has 3 nitrogen and oxygen atoms in total. The number of hydrogen-bond acceptors (Lipinski definition) is 2. The number of halogens is 1. The van der Waals surface area contributed by atoms with Crippen LogP contribution in [0.25, 0.3) is 10.8 Å². The third kappa shape index (κ3) is 3.06. The Labute approximate surface area is 109 Å². The second-order valence-corrected chi connectivity index (χ2v) is 6.79. The molecule has 0 aliphatic heterocycles. The zero-order valence-electron chi connectivity index (χ0n) is 9.06. The van der Waals surface area contributed by atoms with Crippen LogP contribution >= 0.6 is 15.9 Å². The number of hydrogen-bond donors (Lipinski definition) is 1. The predicted octanol–water partition coefficient (Wildman–Crippen LogP) is 2.61. The Hall–Kier alpha value is -0.910. The van der Waals surface area contributed by atoms with Gasteiger partial charge in [-0.15, -0.1) is 0 Å². The fourth-order valence-electron chi connectivity index (χ4n) is 1.67. The Kier molecular flexibility index (Phi) is 3.81. The van der Waals surface area contributed by atoms with Gasteiger partial charge in [-0.1, -0.05) is 58.4 Å². The molecule has 0 bridgehead atoms. The van der Waals surface area contributed by atoms with Crippen molar-refractivity contribution in [2.45, 2.75) is 6.54 Å². The minimum Gasteiger partial charge on any atom is -0.212 e. The molecule has 2 aromatic carbocycles. The average molecular weight is 314 g/mol. The maximum atomic E-state index is 11.4. The second kappa shape index (κ2) is 5.16. The summed E-state index contributed by atoms with van der Waals surface area (Å²) < 4.78 is 25.2. The van der Waals surface area contributed by atoms with Crippen molar-refractivity contribution < 1.29 is 8.42 Å². The molecule has 0 radical (unpaired) electrons. The van der Waals surface area contributed by atoms with Crippen molar-refractivity contribution in [3.63, 3.8) is 0 Å². The fourth-order valence-corrected chi connectivity index (χ4v) is 2.61. The van der Waals surface area contributed by atoms with Crippen molar-refractivity contribution >= 4 is 36.7 Å². The quantitative estimate of drug-likeness (QED) is 0.882. The Morgan fingerprint density at radius 1 is 1.06 bits per heavy atom. The smallest absolute Gasteiger partial charge is 0.212 e. The Balaban J connectivity index is 2.31. The van der Waals surface area contributed by atoms with Crippen LogP contribution in [-0.4, -0.2) is 13.1 Å². The predicted molar refractivity (Wildman–Crippen MR) is 73.5 cm³/mol. The molecule has 0 aliphatic rings. The van der Waals surface area contributed by atoms with Crippen molar-refractivity contribution in [3.05, 3.63) is 48.0 Å². The van der Waals surface area contributed by atoms with Crippen LogP contribution in [-0.2, 0) is 16.6 Å².